The summed E-state index contributed by atoms with van der Waals surface area (Å²) in [7, 11) is 2.77. The lowest BCUT2D eigenvalue weighted by Gasteiger charge is -2.31. The summed E-state index contributed by atoms with van der Waals surface area (Å²) >= 11 is 2.60. The minimum atomic E-state index is -1.10. The highest BCUT2D eigenvalue weighted by Gasteiger charge is 2.45. The molecule has 0 bridgehead atoms. The van der Waals surface area contributed by atoms with Gasteiger partial charge < -0.3 is 30.2 Å². The van der Waals surface area contributed by atoms with Crippen LogP contribution in [0.2, 0.25) is 0 Å². The molecule has 2 amide bonds. The van der Waals surface area contributed by atoms with Crippen molar-refractivity contribution in [3.8, 4) is 11.5 Å². The van der Waals surface area contributed by atoms with E-state index in [4.69, 9.17) is 0 Å². The minimum Gasteiger partial charge on any atom is -0.508 e. The highest BCUT2D eigenvalue weighted by Crippen LogP contribution is 2.46. The fraction of sp³-hybridized carbons (Fsp3) is 0.429. The smallest absolute Gasteiger partial charge is 0.327 e. The zero-order valence-electron chi connectivity index (χ0n) is 22.9. The van der Waals surface area contributed by atoms with Gasteiger partial charge in [0, 0.05) is 46.0 Å². The Labute approximate surface area is 260 Å². The SMILES string of the molecule is C[C@H](CSSC[C@@H](C)C(=O)N1C(c2ccccc2O)SC[C@H]1C(=O)O)C(=O)N1C(c2ccccc2O)SC[C@H]1C(=O)O. The summed E-state index contributed by atoms with van der Waals surface area (Å²) in [6, 6.07) is 11.2. The van der Waals surface area contributed by atoms with Gasteiger partial charge in [0.25, 0.3) is 0 Å². The van der Waals surface area contributed by atoms with Crippen molar-refractivity contribution in [1.82, 2.24) is 9.80 Å². The van der Waals surface area contributed by atoms with E-state index in [9.17, 15) is 39.6 Å². The van der Waals surface area contributed by atoms with Crippen molar-refractivity contribution in [2.45, 2.75) is 36.7 Å². The number of aliphatic carboxylic acids is 2. The monoisotopic (exact) mass is 652 g/mol. The largest absolute Gasteiger partial charge is 0.508 e. The molecule has 2 aliphatic heterocycles. The van der Waals surface area contributed by atoms with Crippen molar-refractivity contribution < 1.29 is 39.6 Å². The number of para-hydroxylation sites is 2. The summed E-state index contributed by atoms with van der Waals surface area (Å²) in [5.41, 5.74) is 0.978. The molecule has 2 aliphatic rings. The topological polar surface area (TPSA) is 156 Å². The third-order valence-electron chi connectivity index (χ3n) is 7.05. The van der Waals surface area contributed by atoms with Gasteiger partial charge >= 0.3 is 11.9 Å². The lowest BCUT2D eigenvalue weighted by Crippen LogP contribution is -2.45. The number of hydrogen-bond acceptors (Lipinski definition) is 10. The van der Waals surface area contributed by atoms with Crippen LogP contribution in [0.15, 0.2) is 48.5 Å². The number of hydrogen-bond donors (Lipinski definition) is 4. The molecule has 2 heterocycles. The molecule has 2 aromatic carbocycles. The first-order valence-corrected chi connectivity index (χ1v) is 17.7. The maximum atomic E-state index is 13.5. The zero-order chi connectivity index (χ0) is 30.6. The molecule has 2 aromatic rings. The predicted molar refractivity (Wildman–Crippen MR) is 166 cm³/mol. The Hall–Kier alpha value is -2.68. The molecule has 2 saturated heterocycles. The predicted octanol–water partition coefficient (Wildman–Crippen LogP) is 4.51. The van der Waals surface area contributed by atoms with Crippen LogP contribution >= 0.6 is 45.1 Å². The number of carboxylic acid groups (broad SMARTS) is 2. The number of thioether (sulfide) groups is 2. The van der Waals surface area contributed by atoms with Crippen molar-refractivity contribution >= 4 is 68.9 Å². The van der Waals surface area contributed by atoms with Gasteiger partial charge in [-0.25, -0.2) is 9.59 Å². The summed E-state index contributed by atoms with van der Waals surface area (Å²) in [5, 5.41) is 39.0. The Morgan fingerprint density at radius 2 is 1.10 bits per heavy atom. The maximum absolute atomic E-state index is 13.5. The quantitative estimate of drug-likeness (QED) is 0.199. The van der Waals surface area contributed by atoms with E-state index in [1.807, 2.05) is 0 Å². The molecule has 42 heavy (non-hydrogen) atoms. The van der Waals surface area contributed by atoms with Crippen LogP contribution in [0.5, 0.6) is 11.5 Å². The third-order valence-corrected chi connectivity index (χ3v) is 12.4. The highest BCUT2D eigenvalue weighted by atomic mass is 33.1. The Morgan fingerprint density at radius 3 is 1.43 bits per heavy atom. The molecule has 226 valence electrons. The second-order valence-corrected chi connectivity index (χ2v) is 14.8. The van der Waals surface area contributed by atoms with E-state index in [1.54, 1.807) is 50.2 Å². The van der Waals surface area contributed by atoms with Crippen molar-refractivity contribution in [2.24, 2.45) is 11.8 Å². The van der Waals surface area contributed by atoms with Gasteiger partial charge in [-0.2, -0.15) is 0 Å². The molecule has 0 spiro atoms. The van der Waals surface area contributed by atoms with E-state index in [2.05, 4.69) is 0 Å². The average Bonchev–Trinajstić information content (AvgIpc) is 3.60. The van der Waals surface area contributed by atoms with E-state index < -0.39 is 46.6 Å². The molecule has 0 saturated carbocycles. The number of amides is 2. The Kier molecular flexibility index (Phi) is 10.9. The van der Waals surface area contributed by atoms with Crippen LogP contribution < -0.4 is 0 Å². The Bertz CT molecular complexity index is 1230. The molecule has 0 aromatic heterocycles. The van der Waals surface area contributed by atoms with E-state index in [0.29, 0.717) is 22.6 Å². The van der Waals surface area contributed by atoms with Crippen molar-refractivity contribution in [2.75, 3.05) is 23.0 Å². The van der Waals surface area contributed by atoms with Crippen molar-refractivity contribution in [1.29, 1.82) is 0 Å². The first-order chi connectivity index (χ1) is 20.0. The summed E-state index contributed by atoms with van der Waals surface area (Å²) in [6.07, 6.45) is 0. The molecule has 4 rings (SSSR count). The summed E-state index contributed by atoms with van der Waals surface area (Å²) in [6.45, 7) is 3.45. The maximum Gasteiger partial charge on any atom is 0.327 e. The first-order valence-electron chi connectivity index (χ1n) is 13.2. The Balaban J connectivity index is 1.36. The molecule has 14 heteroatoms. The van der Waals surface area contributed by atoms with Gasteiger partial charge in [-0.1, -0.05) is 71.8 Å². The lowest BCUT2D eigenvalue weighted by atomic mass is 10.1. The Morgan fingerprint density at radius 1 is 0.738 bits per heavy atom. The number of nitrogens with zero attached hydrogens (tertiary/aromatic N) is 2. The standard InChI is InChI=1S/C28H32N2O8S4/c1-15(23(33)29-19(27(35)36)13-39-25(29)17-7-3-5-9-21(17)31)11-41-42-12-16(2)24(34)30-20(28(37)38)14-40-26(30)18-8-4-6-10-22(18)32/h3-10,15-16,19-20,25-26,31-32H,11-14H2,1-2H3,(H,35,36)(H,37,38)/t15-,16-,19+,20+,25?,26?/m1/s1. The average molecular weight is 653 g/mol. The van der Waals surface area contributed by atoms with E-state index >= 15 is 0 Å². The second-order valence-electron chi connectivity index (χ2n) is 10.1. The van der Waals surface area contributed by atoms with Gasteiger partial charge in [0.1, 0.15) is 34.3 Å². The van der Waals surface area contributed by atoms with E-state index in [-0.39, 0.29) is 34.8 Å². The highest BCUT2D eigenvalue weighted by molar-refractivity contribution is 8.76. The molecule has 2 unspecified atom stereocenters. The van der Waals surface area contributed by atoms with Crippen LogP contribution in [0.3, 0.4) is 0 Å². The molecule has 10 nitrogen and oxygen atoms in total. The third kappa shape index (κ3) is 6.92. The number of carbonyl (C=O) groups excluding carboxylic acids is 2. The molecule has 4 N–H and O–H groups in total. The second kappa shape index (κ2) is 14.2. The van der Waals surface area contributed by atoms with Gasteiger partial charge in [-0.05, 0) is 12.1 Å². The van der Waals surface area contributed by atoms with E-state index in [1.165, 1.54) is 67.0 Å². The number of carboxylic acids is 2. The molecule has 0 radical (unpaired) electrons. The normalized spacial score (nSPS) is 23.5. The van der Waals surface area contributed by atoms with Crippen LogP contribution in [-0.2, 0) is 19.2 Å². The molecule has 2 fully saturated rings. The number of aromatic hydroxyl groups is 2. The molecule has 6 atom stereocenters. The summed E-state index contributed by atoms with van der Waals surface area (Å²) in [5.74, 6) is -2.77. The van der Waals surface area contributed by atoms with Crippen LogP contribution in [0.4, 0.5) is 0 Å². The van der Waals surface area contributed by atoms with Crippen LogP contribution in [0, 0.1) is 11.8 Å². The van der Waals surface area contributed by atoms with Gasteiger partial charge in [0.05, 0.1) is 0 Å². The minimum absolute atomic E-state index is 0.00123. The van der Waals surface area contributed by atoms with Gasteiger partial charge in [0.15, 0.2) is 0 Å². The summed E-state index contributed by atoms with van der Waals surface area (Å²) in [4.78, 5) is 53.5. The molecular formula is C28H32N2O8S4. The van der Waals surface area contributed by atoms with Crippen LogP contribution in [-0.4, -0.2) is 89.1 Å². The molecule has 0 aliphatic carbocycles. The number of phenolic OH excluding ortho intramolecular Hbond substituents is 2. The van der Waals surface area contributed by atoms with Gasteiger partial charge in [-0.3, -0.25) is 9.59 Å². The number of rotatable bonds is 11. The number of carbonyl (C=O) groups is 4. The summed E-state index contributed by atoms with van der Waals surface area (Å²) < 4.78 is 0. The molecular weight excluding hydrogens is 621 g/mol. The van der Waals surface area contributed by atoms with Crippen molar-refractivity contribution in [3.05, 3.63) is 59.7 Å². The number of benzene rings is 2. The van der Waals surface area contributed by atoms with Gasteiger partial charge in [0.2, 0.25) is 11.8 Å². The zero-order valence-corrected chi connectivity index (χ0v) is 26.1. The lowest BCUT2D eigenvalue weighted by molar-refractivity contribution is -0.150. The van der Waals surface area contributed by atoms with Crippen molar-refractivity contribution in [3.63, 3.8) is 0 Å². The fourth-order valence-corrected chi connectivity index (χ4v) is 10.4. The number of phenols is 2. The van der Waals surface area contributed by atoms with Crippen LogP contribution in [0.1, 0.15) is 35.7 Å². The van der Waals surface area contributed by atoms with Crippen LogP contribution in [0.25, 0.3) is 0 Å². The van der Waals surface area contributed by atoms with Gasteiger partial charge in [-0.15, -0.1) is 23.5 Å². The first kappa shape index (κ1) is 32.2. The fourth-order valence-electron chi connectivity index (χ4n) is 4.76. The van der Waals surface area contributed by atoms with E-state index in [0.717, 1.165) is 0 Å².